The molecule has 0 saturated heterocycles. The smallest absolute Gasteiger partial charge is 0.120 e. The fourth-order valence-electron chi connectivity index (χ4n) is 1.76. The summed E-state index contributed by atoms with van der Waals surface area (Å²) in [4.78, 5) is 0. The SMILES string of the molecule is COc1cccc(NC(C)CC(C)C)c1. The van der Waals surface area contributed by atoms with Gasteiger partial charge in [-0.2, -0.15) is 0 Å². The standard InChI is InChI=1S/C13H21NO/c1-10(2)8-11(3)14-12-6-5-7-13(9-12)15-4/h5-7,9-11,14H,8H2,1-4H3. The van der Waals surface area contributed by atoms with E-state index in [1.165, 1.54) is 6.42 Å². The van der Waals surface area contributed by atoms with Crippen molar-refractivity contribution in [1.82, 2.24) is 0 Å². The van der Waals surface area contributed by atoms with Crippen molar-refractivity contribution in [2.45, 2.75) is 33.2 Å². The van der Waals surface area contributed by atoms with E-state index in [1.54, 1.807) is 7.11 Å². The summed E-state index contributed by atoms with van der Waals surface area (Å²) in [6, 6.07) is 8.55. The minimum atomic E-state index is 0.497. The molecule has 0 heterocycles. The largest absolute Gasteiger partial charge is 0.497 e. The van der Waals surface area contributed by atoms with E-state index in [0.29, 0.717) is 6.04 Å². The summed E-state index contributed by atoms with van der Waals surface area (Å²) in [7, 11) is 1.69. The molecule has 1 rings (SSSR count). The molecule has 0 radical (unpaired) electrons. The lowest BCUT2D eigenvalue weighted by Crippen LogP contribution is -2.17. The van der Waals surface area contributed by atoms with Crippen LogP contribution >= 0.6 is 0 Å². The average molecular weight is 207 g/mol. The van der Waals surface area contributed by atoms with Crippen molar-refractivity contribution in [3.05, 3.63) is 24.3 Å². The molecule has 15 heavy (non-hydrogen) atoms. The van der Waals surface area contributed by atoms with Gasteiger partial charge >= 0.3 is 0 Å². The lowest BCUT2D eigenvalue weighted by atomic mass is 10.1. The van der Waals surface area contributed by atoms with Crippen LogP contribution in [0.15, 0.2) is 24.3 Å². The Kier molecular flexibility index (Phi) is 4.47. The number of methoxy groups -OCH3 is 1. The summed E-state index contributed by atoms with van der Waals surface area (Å²) in [6.07, 6.45) is 1.18. The first-order chi connectivity index (χ1) is 7.11. The molecule has 84 valence electrons. The second kappa shape index (κ2) is 5.64. The minimum Gasteiger partial charge on any atom is -0.497 e. The molecule has 1 aromatic rings. The first-order valence-corrected chi connectivity index (χ1v) is 5.52. The van der Waals surface area contributed by atoms with Gasteiger partial charge in [0.25, 0.3) is 0 Å². The highest BCUT2D eigenvalue weighted by molar-refractivity contribution is 5.48. The second-order valence-electron chi connectivity index (χ2n) is 4.41. The van der Waals surface area contributed by atoms with E-state index >= 15 is 0 Å². The molecule has 1 N–H and O–H groups in total. The highest BCUT2D eigenvalue weighted by Gasteiger charge is 2.04. The third kappa shape index (κ3) is 4.24. The van der Waals surface area contributed by atoms with Crippen molar-refractivity contribution < 1.29 is 4.74 Å². The van der Waals surface area contributed by atoms with Crippen molar-refractivity contribution in [3.8, 4) is 5.75 Å². The van der Waals surface area contributed by atoms with Crippen LogP contribution in [0.2, 0.25) is 0 Å². The summed E-state index contributed by atoms with van der Waals surface area (Å²) in [5.74, 6) is 1.62. The minimum absolute atomic E-state index is 0.497. The van der Waals surface area contributed by atoms with E-state index in [-0.39, 0.29) is 0 Å². The van der Waals surface area contributed by atoms with Gasteiger partial charge in [0.15, 0.2) is 0 Å². The van der Waals surface area contributed by atoms with Gasteiger partial charge in [-0.15, -0.1) is 0 Å². The van der Waals surface area contributed by atoms with Gasteiger partial charge in [0.1, 0.15) is 5.75 Å². The molecule has 0 aliphatic carbocycles. The number of anilines is 1. The third-order valence-electron chi connectivity index (χ3n) is 2.31. The molecule has 0 aliphatic rings. The Hall–Kier alpha value is -1.18. The zero-order chi connectivity index (χ0) is 11.3. The monoisotopic (exact) mass is 207 g/mol. The topological polar surface area (TPSA) is 21.3 Å². The number of hydrogen-bond donors (Lipinski definition) is 1. The number of benzene rings is 1. The molecule has 1 aromatic carbocycles. The summed E-state index contributed by atoms with van der Waals surface area (Å²) < 4.78 is 5.18. The van der Waals surface area contributed by atoms with Crippen molar-refractivity contribution in [3.63, 3.8) is 0 Å². The van der Waals surface area contributed by atoms with E-state index in [2.05, 4.69) is 32.2 Å². The van der Waals surface area contributed by atoms with Crippen molar-refractivity contribution in [2.75, 3.05) is 12.4 Å². The maximum atomic E-state index is 5.18. The van der Waals surface area contributed by atoms with Gasteiger partial charge in [-0.25, -0.2) is 0 Å². The molecule has 2 heteroatoms. The van der Waals surface area contributed by atoms with E-state index in [4.69, 9.17) is 4.74 Å². The summed E-state index contributed by atoms with van der Waals surface area (Å²) in [5, 5.41) is 3.47. The fraction of sp³-hybridized carbons (Fsp3) is 0.538. The Morgan fingerprint density at radius 3 is 2.60 bits per heavy atom. The van der Waals surface area contributed by atoms with Crippen LogP contribution in [0, 0.1) is 5.92 Å². The summed E-state index contributed by atoms with van der Waals surface area (Å²) in [6.45, 7) is 6.69. The van der Waals surface area contributed by atoms with Crippen LogP contribution in [-0.2, 0) is 0 Å². The number of ether oxygens (including phenoxy) is 1. The molecule has 0 amide bonds. The van der Waals surface area contributed by atoms with Crippen molar-refractivity contribution in [1.29, 1.82) is 0 Å². The van der Waals surface area contributed by atoms with Gasteiger partial charge in [0, 0.05) is 17.8 Å². The molecule has 0 fully saturated rings. The predicted molar refractivity (Wildman–Crippen MR) is 65.5 cm³/mol. The van der Waals surface area contributed by atoms with Crippen LogP contribution < -0.4 is 10.1 Å². The van der Waals surface area contributed by atoms with Crippen LogP contribution in [0.1, 0.15) is 27.2 Å². The number of rotatable bonds is 5. The predicted octanol–water partition coefficient (Wildman–Crippen LogP) is 3.54. The molecule has 0 aliphatic heterocycles. The van der Waals surface area contributed by atoms with Crippen molar-refractivity contribution in [2.24, 2.45) is 5.92 Å². The van der Waals surface area contributed by atoms with Gasteiger partial charge in [0.05, 0.1) is 7.11 Å². The average Bonchev–Trinajstić information content (AvgIpc) is 2.16. The first-order valence-electron chi connectivity index (χ1n) is 5.52. The number of nitrogens with one attached hydrogen (secondary N) is 1. The summed E-state index contributed by atoms with van der Waals surface area (Å²) in [5.41, 5.74) is 1.13. The van der Waals surface area contributed by atoms with E-state index in [9.17, 15) is 0 Å². The molecule has 0 saturated carbocycles. The Morgan fingerprint density at radius 2 is 2.00 bits per heavy atom. The molecule has 1 unspecified atom stereocenters. The normalized spacial score (nSPS) is 12.6. The van der Waals surface area contributed by atoms with Gasteiger partial charge < -0.3 is 10.1 Å². The first kappa shape index (κ1) is 11.9. The van der Waals surface area contributed by atoms with E-state index < -0.39 is 0 Å². The number of hydrogen-bond acceptors (Lipinski definition) is 2. The third-order valence-corrected chi connectivity index (χ3v) is 2.31. The zero-order valence-corrected chi connectivity index (χ0v) is 10.1. The maximum absolute atomic E-state index is 5.18. The second-order valence-corrected chi connectivity index (χ2v) is 4.41. The molecule has 2 nitrogen and oxygen atoms in total. The molecule has 0 bridgehead atoms. The van der Waals surface area contributed by atoms with Crippen LogP contribution in [0.4, 0.5) is 5.69 Å². The Labute approximate surface area is 92.6 Å². The molecule has 0 aromatic heterocycles. The Bertz CT molecular complexity index is 296. The Balaban J connectivity index is 2.55. The lowest BCUT2D eigenvalue weighted by molar-refractivity contribution is 0.415. The fourth-order valence-corrected chi connectivity index (χ4v) is 1.76. The molecular weight excluding hydrogens is 186 g/mol. The van der Waals surface area contributed by atoms with Gasteiger partial charge in [-0.1, -0.05) is 19.9 Å². The molecule has 0 spiro atoms. The van der Waals surface area contributed by atoms with Crippen molar-refractivity contribution >= 4 is 5.69 Å². The van der Waals surface area contributed by atoms with Crippen LogP contribution in [-0.4, -0.2) is 13.2 Å². The van der Waals surface area contributed by atoms with Crippen LogP contribution in [0.5, 0.6) is 5.75 Å². The zero-order valence-electron chi connectivity index (χ0n) is 10.1. The quantitative estimate of drug-likeness (QED) is 0.797. The highest BCUT2D eigenvalue weighted by Crippen LogP contribution is 2.18. The van der Waals surface area contributed by atoms with Gasteiger partial charge in [-0.3, -0.25) is 0 Å². The van der Waals surface area contributed by atoms with Crippen LogP contribution in [0.25, 0.3) is 0 Å². The van der Waals surface area contributed by atoms with Gasteiger partial charge in [0.2, 0.25) is 0 Å². The van der Waals surface area contributed by atoms with E-state index in [1.807, 2.05) is 18.2 Å². The molecular formula is C13H21NO. The maximum Gasteiger partial charge on any atom is 0.120 e. The van der Waals surface area contributed by atoms with Gasteiger partial charge in [-0.05, 0) is 31.4 Å². The lowest BCUT2D eigenvalue weighted by Gasteiger charge is -2.17. The van der Waals surface area contributed by atoms with Crippen LogP contribution in [0.3, 0.4) is 0 Å². The highest BCUT2D eigenvalue weighted by atomic mass is 16.5. The molecule has 1 atom stereocenters. The Morgan fingerprint density at radius 1 is 1.27 bits per heavy atom. The van der Waals surface area contributed by atoms with E-state index in [0.717, 1.165) is 17.4 Å². The summed E-state index contributed by atoms with van der Waals surface area (Å²) >= 11 is 0.